The van der Waals surface area contributed by atoms with Gasteiger partial charge in [0.05, 0.1) is 16.9 Å². The van der Waals surface area contributed by atoms with Crippen molar-refractivity contribution in [2.45, 2.75) is 49.3 Å². The van der Waals surface area contributed by atoms with E-state index in [0.29, 0.717) is 0 Å². The molecule has 0 radical (unpaired) electrons. The van der Waals surface area contributed by atoms with E-state index in [1.807, 2.05) is 47.0 Å². The summed E-state index contributed by atoms with van der Waals surface area (Å²) in [6.45, 7) is 4.57. The minimum atomic E-state index is 1.21. The van der Waals surface area contributed by atoms with E-state index in [2.05, 4.69) is 103 Å². The second-order valence-electron chi connectivity index (χ2n) is 8.99. The lowest BCUT2D eigenvalue weighted by Crippen LogP contribution is -2.16. The topological polar surface area (TPSA) is 15.8 Å². The fourth-order valence-corrected chi connectivity index (χ4v) is 13.4. The molecule has 4 aromatic rings. The average molecular weight is 596 g/mol. The predicted octanol–water partition coefficient (Wildman–Crippen LogP) is 10.0. The highest BCUT2D eigenvalue weighted by Crippen LogP contribution is 2.58. The van der Waals surface area contributed by atoms with Gasteiger partial charge in [-0.25, -0.2) is 0 Å². The minimum Gasteiger partial charge on any atom is -0.366 e. The van der Waals surface area contributed by atoms with E-state index < -0.39 is 0 Å². The molecule has 0 spiro atoms. The Kier molecular flexibility index (Phi) is 8.56. The van der Waals surface area contributed by atoms with Gasteiger partial charge in [0.1, 0.15) is 0 Å². The number of benzene rings is 3. The first-order chi connectivity index (χ1) is 18.3. The second-order valence-corrected chi connectivity index (χ2v) is 16.4. The second kappa shape index (κ2) is 12.1. The van der Waals surface area contributed by atoms with Gasteiger partial charge in [-0.05, 0) is 45.9 Å². The molecule has 2 aliphatic heterocycles. The van der Waals surface area contributed by atoms with Gasteiger partial charge in [-0.15, -0.1) is 23.5 Å². The SMILES string of the molecule is CCCCSC1=C(SCCCC)SC(=c2c3ccccc3c(=C3Sc4c[nH]cc4S3)c3ccccc23)S1. The Bertz CT molecular complexity index is 1510. The Hall–Kier alpha value is -0.960. The van der Waals surface area contributed by atoms with Crippen molar-refractivity contribution < 1.29 is 0 Å². The molecular formula is C30H29NS6. The number of fused-ring (bicyclic) bond motifs is 3. The monoisotopic (exact) mass is 595 g/mol. The normalized spacial score (nSPS) is 15.5. The van der Waals surface area contributed by atoms with Crippen LogP contribution in [0.5, 0.6) is 0 Å². The summed E-state index contributed by atoms with van der Waals surface area (Å²) in [5.74, 6) is 2.41. The maximum absolute atomic E-state index is 3.26. The summed E-state index contributed by atoms with van der Waals surface area (Å²) in [5.41, 5.74) is 0. The molecule has 0 fully saturated rings. The first-order valence-corrected chi connectivity index (χ1v) is 18.1. The number of thioether (sulfide) groups is 6. The highest BCUT2D eigenvalue weighted by molar-refractivity contribution is 8.45. The molecule has 37 heavy (non-hydrogen) atoms. The van der Waals surface area contributed by atoms with Crippen molar-refractivity contribution in [2.24, 2.45) is 0 Å². The Morgan fingerprint density at radius 1 is 0.595 bits per heavy atom. The van der Waals surface area contributed by atoms with Crippen LogP contribution in [-0.4, -0.2) is 16.5 Å². The number of hydrogen-bond donors (Lipinski definition) is 1. The van der Waals surface area contributed by atoms with E-state index in [0.717, 1.165) is 0 Å². The predicted molar refractivity (Wildman–Crippen MR) is 177 cm³/mol. The molecule has 7 heteroatoms. The minimum absolute atomic E-state index is 1.21. The maximum atomic E-state index is 3.26. The van der Waals surface area contributed by atoms with Gasteiger partial charge >= 0.3 is 0 Å². The van der Waals surface area contributed by atoms with Crippen LogP contribution in [0.3, 0.4) is 0 Å². The van der Waals surface area contributed by atoms with Crippen molar-refractivity contribution in [3.8, 4) is 0 Å². The van der Waals surface area contributed by atoms with Gasteiger partial charge in [0, 0.05) is 32.6 Å². The van der Waals surface area contributed by atoms with Crippen molar-refractivity contribution in [1.82, 2.24) is 4.98 Å². The summed E-state index contributed by atoms with van der Waals surface area (Å²) >= 11 is 12.0. The van der Waals surface area contributed by atoms with Crippen molar-refractivity contribution in [3.63, 3.8) is 0 Å². The Labute approximate surface area is 244 Å². The van der Waals surface area contributed by atoms with Crippen molar-refractivity contribution in [2.75, 3.05) is 11.5 Å². The molecule has 0 amide bonds. The summed E-state index contributed by atoms with van der Waals surface area (Å²) in [4.78, 5) is 5.93. The van der Waals surface area contributed by atoms with E-state index in [9.17, 15) is 0 Å². The molecule has 1 aromatic heterocycles. The number of unbranched alkanes of at least 4 members (excludes halogenated alkanes) is 2. The summed E-state index contributed by atoms with van der Waals surface area (Å²) in [7, 11) is 0. The molecule has 2 aliphatic rings. The van der Waals surface area contributed by atoms with Gasteiger partial charge in [0.25, 0.3) is 0 Å². The van der Waals surface area contributed by atoms with E-state index in [4.69, 9.17) is 0 Å². The fourth-order valence-electron chi connectivity index (χ4n) is 4.56. The summed E-state index contributed by atoms with van der Waals surface area (Å²) in [6, 6.07) is 18.2. The molecule has 1 nitrogen and oxygen atoms in total. The average Bonchev–Trinajstić information content (AvgIpc) is 3.63. The third-order valence-corrected chi connectivity index (χ3v) is 14.6. The van der Waals surface area contributed by atoms with Gasteiger partial charge in [-0.3, -0.25) is 0 Å². The lowest BCUT2D eigenvalue weighted by atomic mass is 9.99. The van der Waals surface area contributed by atoms with E-state index >= 15 is 0 Å². The van der Waals surface area contributed by atoms with Crippen molar-refractivity contribution >= 4 is 101 Å². The number of nitrogens with one attached hydrogen (secondary N) is 1. The van der Waals surface area contributed by atoms with E-state index in [1.165, 1.54) is 95.9 Å². The highest BCUT2D eigenvalue weighted by Gasteiger charge is 2.25. The van der Waals surface area contributed by atoms with Crippen LogP contribution in [0.15, 0.2) is 79.2 Å². The van der Waals surface area contributed by atoms with Crippen LogP contribution in [0.25, 0.3) is 30.0 Å². The van der Waals surface area contributed by atoms with Crippen LogP contribution in [0.4, 0.5) is 0 Å². The van der Waals surface area contributed by atoms with Crippen molar-refractivity contribution in [3.05, 3.63) is 79.8 Å². The molecule has 0 atom stereocenters. The quantitative estimate of drug-likeness (QED) is 0.160. The smallest absolute Gasteiger partial charge is 0.0660 e. The van der Waals surface area contributed by atoms with Gasteiger partial charge in [-0.1, -0.05) is 122 Å². The molecule has 6 rings (SSSR count). The van der Waals surface area contributed by atoms with Crippen LogP contribution in [0.1, 0.15) is 39.5 Å². The maximum Gasteiger partial charge on any atom is 0.0660 e. The standard InChI is InChI=1S/C30H29NS6/c1-3-5-15-32-29-30(33-16-6-4-2)37-28(36-29)26-21-13-9-7-11-19(21)25(20-12-8-10-14-22(20)26)27-34-23-17-31-18-24(23)35-27/h7-14,17-18,31H,3-6,15-16H2,1-2H3. The molecule has 0 aliphatic carbocycles. The summed E-state index contributed by atoms with van der Waals surface area (Å²) in [5, 5.41) is 8.27. The van der Waals surface area contributed by atoms with Gasteiger partial charge in [0.2, 0.25) is 0 Å². The first-order valence-electron chi connectivity index (χ1n) is 12.8. The third kappa shape index (κ3) is 5.29. The molecule has 190 valence electrons. The number of hydrogen-bond acceptors (Lipinski definition) is 6. The van der Waals surface area contributed by atoms with Crippen LogP contribution in [-0.2, 0) is 0 Å². The Balaban J connectivity index is 1.55. The summed E-state index contributed by atoms with van der Waals surface area (Å²) in [6.07, 6.45) is 9.31. The number of aromatic amines is 1. The molecule has 3 aromatic carbocycles. The largest absolute Gasteiger partial charge is 0.366 e. The van der Waals surface area contributed by atoms with Gasteiger partial charge in [-0.2, -0.15) is 0 Å². The lowest BCUT2D eigenvalue weighted by molar-refractivity contribution is 0.897. The zero-order chi connectivity index (χ0) is 25.2. The van der Waals surface area contributed by atoms with Crippen LogP contribution < -0.4 is 10.4 Å². The number of H-pyrrole nitrogens is 1. The Morgan fingerprint density at radius 3 is 1.41 bits per heavy atom. The van der Waals surface area contributed by atoms with Gasteiger partial charge < -0.3 is 4.98 Å². The lowest BCUT2D eigenvalue weighted by Gasteiger charge is -2.11. The fraction of sp³-hybridized carbons (Fsp3) is 0.267. The molecule has 0 bridgehead atoms. The van der Waals surface area contributed by atoms with E-state index in [1.54, 1.807) is 0 Å². The molecule has 1 N–H and O–H groups in total. The molecule has 0 saturated heterocycles. The van der Waals surface area contributed by atoms with Crippen LogP contribution >= 0.6 is 70.6 Å². The van der Waals surface area contributed by atoms with Crippen LogP contribution in [0, 0.1) is 0 Å². The van der Waals surface area contributed by atoms with Crippen LogP contribution in [0.2, 0.25) is 0 Å². The molecule has 3 heterocycles. The zero-order valence-electron chi connectivity index (χ0n) is 21.0. The molecular weight excluding hydrogens is 567 g/mol. The summed E-state index contributed by atoms with van der Waals surface area (Å²) < 4.78 is 5.86. The molecule has 0 saturated carbocycles. The zero-order valence-corrected chi connectivity index (χ0v) is 25.9. The van der Waals surface area contributed by atoms with Crippen molar-refractivity contribution in [1.29, 1.82) is 0 Å². The Morgan fingerprint density at radius 2 is 1.00 bits per heavy atom. The third-order valence-electron chi connectivity index (χ3n) is 6.42. The molecule has 0 unspecified atom stereocenters. The number of aromatic nitrogens is 1. The van der Waals surface area contributed by atoms with E-state index in [-0.39, 0.29) is 0 Å². The first kappa shape index (κ1) is 26.3. The van der Waals surface area contributed by atoms with Gasteiger partial charge in [0.15, 0.2) is 0 Å². The number of rotatable bonds is 8. The highest BCUT2D eigenvalue weighted by atomic mass is 32.3.